The van der Waals surface area contributed by atoms with Gasteiger partial charge in [0, 0.05) is 43.2 Å². The van der Waals surface area contributed by atoms with E-state index in [0.29, 0.717) is 19.5 Å². The lowest BCUT2D eigenvalue weighted by atomic mass is 9.90. The highest BCUT2D eigenvalue weighted by Crippen LogP contribution is 2.50. The lowest BCUT2D eigenvalue weighted by Crippen LogP contribution is -2.58. The first-order valence-electron chi connectivity index (χ1n) is 15.8. The molecule has 2 aromatic heterocycles. The Balaban J connectivity index is 1.38. The summed E-state index contributed by atoms with van der Waals surface area (Å²) < 4.78 is 112. The Morgan fingerprint density at radius 2 is 1.94 bits per heavy atom. The number of pyridine rings is 1. The minimum Gasteiger partial charge on any atom is -0.461 e. The normalized spacial score (nSPS) is 29.4. The van der Waals surface area contributed by atoms with Crippen LogP contribution in [0.1, 0.15) is 55.2 Å². The first-order chi connectivity index (χ1) is 22.4. The van der Waals surface area contributed by atoms with Gasteiger partial charge in [0.15, 0.2) is 5.82 Å². The second-order valence-electron chi connectivity index (χ2n) is 13.5. The zero-order valence-corrected chi connectivity index (χ0v) is 25.4. The van der Waals surface area contributed by atoms with Gasteiger partial charge in [0.1, 0.15) is 35.7 Å². The molecule has 0 aliphatic carbocycles. The van der Waals surface area contributed by atoms with Gasteiger partial charge in [0.05, 0.1) is 34.1 Å². The molecule has 8 rings (SSSR count). The molecule has 0 amide bonds. The van der Waals surface area contributed by atoms with Crippen molar-refractivity contribution in [2.75, 3.05) is 36.9 Å². The van der Waals surface area contributed by atoms with Crippen molar-refractivity contribution in [3.05, 3.63) is 40.7 Å². The van der Waals surface area contributed by atoms with Gasteiger partial charge in [-0.2, -0.15) is 23.1 Å². The number of alkyl halides is 4. The zero-order chi connectivity index (χ0) is 33.0. The van der Waals surface area contributed by atoms with E-state index < -0.39 is 63.5 Å². The summed E-state index contributed by atoms with van der Waals surface area (Å²) in [5.74, 6) is -3.13. The third kappa shape index (κ3) is 4.66. The molecule has 0 spiro atoms. The summed E-state index contributed by atoms with van der Waals surface area (Å²) in [6.07, 6.45) is -2.55. The van der Waals surface area contributed by atoms with Crippen molar-refractivity contribution in [2.45, 2.75) is 81.5 Å². The standard InChI is InChI=1S/C32H32F7N7O/c1-14-7-20(40)42-27(24(14)32(37,38)39)23-25(35)21-15(10-33)8-19-18-4-3-17(41-18)12-46(19)29-22(21)28(26(23)36)43-30(44-29)47-13-31-5-2-6-45(31)11-16(34)9-31/h7,10,16-19,41H,2-6,8-9,11-13H2,1H3,(H2,40,42)/b15-10+/t16-,17-,18+,19-,31?/m1/s1. The number of fused-ring (bicyclic) bond motifs is 6. The summed E-state index contributed by atoms with van der Waals surface area (Å²) in [5, 5.41) is 3.34. The van der Waals surface area contributed by atoms with Crippen LogP contribution >= 0.6 is 0 Å². The lowest BCUT2D eigenvalue weighted by Gasteiger charge is -2.41. The van der Waals surface area contributed by atoms with Gasteiger partial charge in [-0.3, -0.25) is 4.90 Å². The number of nitrogens with zero attached hydrogens (tertiary/aromatic N) is 5. The van der Waals surface area contributed by atoms with Gasteiger partial charge in [-0.25, -0.2) is 22.5 Å². The van der Waals surface area contributed by atoms with Gasteiger partial charge >= 0.3 is 12.2 Å². The fraction of sp³-hybridized carbons (Fsp3) is 0.531. The molecule has 0 saturated carbocycles. The number of anilines is 2. The van der Waals surface area contributed by atoms with Gasteiger partial charge in [-0.05, 0) is 62.8 Å². The first-order valence-corrected chi connectivity index (χ1v) is 15.8. The molecule has 15 heteroatoms. The van der Waals surface area contributed by atoms with Crippen molar-refractivity contribution in [3.8, 4) is 17.3 Å². The van der Waals surface area contributed by atoms with E-state index in [1.807, 2.05) is 9.80 Å². The summed E-state index contributed by atoms with van der Waals surface area (Å²) >= 11 is 0. The van der Waals surface area contributed by atoms with E-state index in [9.17, 15) is 22.0 Å². The number of ether oxygens (including phenoxy) is 1. The smallest absolute Gasteiger partial charge is 0.418 e. The summed E-state index contributed by atoms with van der Waals surface area (Å²) in [7, 11) is 0. The number of aromatic nitrogens is 3. The van der Waals surface area contributed by atoms with Crippen LogP contribution in [0.4, 0.5) is 42.4 Å². The van der Waals surface area contributed by atoms with Crippen LogP contribution in [0.3, 0.4) is 0 Å². The predicted octanol–water partition coefficient (Wildman–Crippen LogP) is 5.86. The summed E-state index contributed by atoms with van der Waals surface area (Å²) in [5.41, 5.74) is 0.128. The van der Waals surface area contributed by atoms with Crippen molar-refractivity contribution in [3.63, 3.8) is 0 Å². The molecule has 3 N–H and O–H groups in total. The molecule has 1 unspecified atom stereocenters. The fourth-order valence-electron chi connectivity index (χ4n) is 8.74. The van der Waals surface area contributed by atoms with Gasteiger partial charge in [-0.1, -0.05) is 0 Å². The van der Waals surface area contributed by atoms with Crippen LogP contribution in [-0.4, -0.2) is 75.9 Å². The molecular weight excluding hydrogens is 631 g/mol. The highest BCUT2D eigenvalue weighted by Gasteiger charge is 2.50. The Kier molecular flexibility index (Phi) is 6.93. The highest BCUT2D eigenvalue weighted by molar-refractivity contribution is 6.04. The fourth-order valence-corrected chi connectivity index (χ4v) is 8.74. The number of piperazine rings is 1. The van der Waals surface area contributed by atoms with E-state index in [2.05, 4.69) is 20.3 Å². The molecule has 47 heavy (non-hydrogen) atoms. The Labute approximate surface area is 265 Å². The number of nitrogens with two attached hydrogens (primary N) is 1. The summed E-state index contributed by atoms with van der Waals surface area (Å²) in [6.45, 7) is 2.48. The third-order valence-electron chi connectivity index (χ3n) is 10.7. The lowest BCUT2D eigenvalue weighted by molar-refractivity contribution is -0.137. The van der Waals surface area contributed by atoms with Gasteiger partial charge in [0.25, 0.3) is 0 Å². The van der Waals surface area contributed by atoms with Crippen molar-refractivity contribution in [2.24, 2.45) is 0 Å². The topological polar surface area (TPSA) is 92.4 Å². The van der Waals surface area contributed by atoms with Gasteiger partial charge in [-0.15, -0.1) is 0 Å². The van der Waals surface area contributed by atoms with Crippen LogP contribution in [0.5, 0.6) is 6.01 Å². The molecule has 1 aromatic carbocycles. The van der Waals surface area contributed by atoms with Crippen molar-refractivity contribution < 1.29 is 35.5 Å². The molecule has 0 radical (unpaired) electrons. The van der Waals surface area contributed by atoms with E-state index in [1.165, 1.54) is 0 Å². The van der Waals surface area contributed by atoms with Crippen molar-refractivity contribution in [1.82, 2.24) is 25.2 Å². The third-order valence-corrected chi connectivity index (χ3v) is 10.7. The average molecular weight is 664 g/mol. The molecule has 5 aliphatic rings. The first kappa shape index (κ1) is 30.6. The second kappa shape index (κ2) is 10.6. The molecule has 7 heterocycles. The minimum atomic E-state index is -5.06. The predicted molar refractivity (Wildman–Crippen MR) is 160 cm³/mol. The van der Waals surface area contributed by atoms with Gasteiger partial charge in [0.2, 0.25) is 0 Å². The minimum absolute atomic E-state index is 0.000945. The number of aryl methyl sites for hydroxylation is 1. The summed E-state index contributed by atoms with van der Waals surface area (Å²) in [6, 6.07) is 0.168. The molecule has 5 atom stereocenters. The quantitative estimate of drug-likeness (QED) is 0.336. The van der Waals surface area contributed by atoms with Crippen molar-refractivity contribution in [1.29, 1.82) is 0 Å². The maximum atomic E-state index is 16.9. The highest BCUT2D eigenvalue weighted by atomic mass is 19.4. The number of benzene rings is 1. The molecule has 5 aliphatic heterocycles. The second-order valence-corrected chi connectivity index (χ2v) is 13.5. The zero-order valence-electron chi connectivity index (χ0n) is 25.4. The van der Waals surface area contributed by atoms with Crippen LogP contribution in [0, 0.1) is 18.6 Å². The van der Waals surface area contributed by atoms with Gasteiger partial charge < -0.3 is 20.7 Å². The van der Waals surface area contributed by atoms with Crippen LogP contribution in [0.25, 0.3) is 27.7 Å². The maximum Gasteiger partial charge on any atom is 0.418 e. The SMILES string of the molecule is Cc1cc(N)nc(-c2c(F)c3c4c(nc(OCC56CCCN5C[C@H](F)C6)nc4c2F)N2C[C@H]4CC[C@H](N4)[C@H]2C/C3=C\F)c1C(F)(F)F. The molecule has 4 fully saturated rings. The van der Waals surface area contributed by atoms with Crippen molar-refractivity contribution >= 4 is 28.1 Å². The molecule has 8 nitrogen and oxygen atoms in total. The Morgan fingerprint density at radius 3 is 2.70 bits per heavy atom. The maximum absolute atomic E-state index is 16.9. The molecular formula is C32H32F7N7O. The van der Waals surface area contributed by atoms with E-state index in [1.54, 1.807) is 0 Å². The van der Waals surface area contributed by atoms with Crippen LogP contribution in [-0.2, 0) is 6.18 Å². The molecule has 250 valence electrons. The Bertz CT molecular complexity index is 1830. The number of halogens is 7. The average Bonchev–Trinajstić information content (AvgIpc) is 3.64. The monoisotopic (exact) mass is 663 g/mol. The molecule has 3 aromatic rings. The van der Waals surface area contributed by atoms with Crippen LogP contribution in [0.15, 0.2) is 12.4 Å². The summed E-state index contributed by atoms with van der Waals surface area (Å²) in [4.78, 5) is 16.6. The molecule has 2 bridgehead atoms. The van der Waals surface area contributed by atoms with Crippen LogP contribution in [0.2, 0.25) is 0 Å². The number of rotatable bonds is 4. The number of hydrogen-bond acceptors (Lipinski definition) is 8. The van der Waals surface area contributed by atoms with E-state index >= 15 is 8.78 Å². The Morgan fingerprint density at radius 1 is 1.13 bits per heavy atom. The Hall–Kier alpha value is -3.72. The van der Waals surface area contributed by atoms with E-state index in [0.717, 1.165) is 32.3 Å². The van der Waals surface area contributed by atoms with E-state index in [4.69, 9.17) is 10.5 Å². The largest absolute Gasteiger partial charge is 0.461 e. The number of nitrogen functional groups attached to an aromatic ring is 1. The van der Waals surface area contributed by atoms with E-state index in [-0.39, 0.29) is 78.6 Å². The molecule has 4 saturated heterocycles. The number of nitrogens with one attached hydrogen (secondary N) is 1. The van der Waals surface area contributed by atoms with Crippen LogP contribution < -0.4 is 20.7 Å². The number of hydrogen-bond donors (Lipinski definition) is 2.